The maximum absolute atomic E-state index is 13.1. The molecule has 0 saturated carbocycles. The number of nitrogens with zero attached hydrogens (tertiary/aromatic N) is 2. The Kier molecular flexibility index (Phi) is 5.49. The minimum atomic E-state index is -4.47. The van der Waals surface area contributed by atoms with Crippen LogP contribution < -0.4 is 0 Å². The molecule has 0 bridgehead atoms. The summed E-state index contributed by atoms with van der Waals surface area (Å²) in [5.74, 6) is -1.58. The maximum Gasteiger partial charge on any atom is 0.416 e. The van der Waals surface area contributed by atoms with Crippen LogP contribution in [0.3, 0.4) is 0 Å². The van der Waals surface area contributed by atoms with Crippen LogP contribution in [0.2, 0.25) is 0 Å². The molecule has 0 unspecified atom stereocenters. The first-order valence-electron chi connectivity index (χ1n) is 8.97. The zero-order chi connectivity index (χ0) is 20.5. The van der Waals surface area contributed by atoms with Crippen LogP contribution in [-0.2, 0) is 11.0 Å². The van der Waals surface area contributed by atoms with E-state index in [4.69, 9.17) is 4.42 Å². The number of amides is 2. The molecule has 2 atom stereocenters. The van der Waals surface area contributed by atoms with E-state index in [1.807, 2.05) is 6.92 Å². The van der Waals surface area contributed by atoms with Crippen molar-refractivity contribution in [3.63, 3.8) is 0 Å². The van der Waals surface area contributed by atoms with Crippen molar-refractivity contribution in [2.45, 2.75) is 19.0 Å². The fraction of sp³-hybridized carbons (Fsp3) is 0.400. The Hall–Kier alpha value is -2.77. The van der Waals surface area contributed by atoms with Crippen molar-refractivity contribution in [1.82, 2.24) is 9.80 Å². The summed E-state index contributed by atoms with van der Waals surface area (Å²) < 4.78 is 44.5. The molecule has 1 aliphatic rings. The quantitative estimate of drug-likeness (QED) is 0.796. The van der Waals surface area contributed by atoms with Gasteiger partial charge in [-0.1, -0.05) is 18.2 Å². The highest BCUT2D eigenvalue weighted by Crippen LogP contribution is 2.37. The summed E-state index contributed by atoms with van der Waals surface area (Å²) in [6.07, 6.45) is -3.10. The molecule has 1 aromatic heterocycles. The van der Waals surface area contributed by atoms with Crippen LogP contribution in [0.1, 0.15) is 34.5 Å². The second-order valence-electron chi connectivity index (χ2n) is 6.88. The lowest BCUT2D eigenvalue weighted by atomic mass is 9.87. The Balaban J connectivity index is 1.94. The minimum Gasteiger partial charge on any atom is -0.459 e. The highest BCUT2D eigenvalue weighted by atomic mass is 19.4. The van der Waals surface area contributed by atoms with E-state index >= 15 is 0 Å². The van der Waals surface area contributed by atoms with Gasteiger partial charge < -0.3 is 14.2 Å². The largest absolute Gasteiger partial charge is 0.459 e. The van der Waals surface area contributed by atoms with E-state index in [2.05, 4.69) is 0 Å². The van der Waals surface area contributed by atoms with Crippen molar-refractivity contribution in [2.24, 2.45) is 5.92 Å². The fourth-order valence-electron chi connectivity index (χ4n) is 3.50. The van der Waals surface area contributed by atoms with Gasteiger partial charge in [0.1, 0.15) is 0 Å². The molecule has 0 N–H and O–H groups in total. The smallest absolute Gasteiger partial charge is 0.416 e. The van der Waals surface area contributed by atoms with Crippen LogP contribution in [0.15, 0.2) is 47.1 Å². The Morgan fingerprint density at radius 3 is 2.57 bits per heavy atom. The van der Waals surface area contributed by atoms with Gasteiger partial charge in [-0.3, -0.25) is 9.59 Å². The first kappa shape index (κ1) is 20.0. The third kappa shape index (κ3) is 3.90. The normalized spacial score (nSPS) is 19.7. The molecule has 2 heterocycles. The average molecular weight is 394 g/mol. The zero-order valence-corrected chi connectivity index (χ0v) is 15.6. The molecule has 8 heteroatoms. The number of halogens is 3. The van der Waals surface area contributed by atoms with Gasteiger partial charge in [-0.15, -0.1) is 0 Å². The molecular weight excluding hydrogens is 373 g/mol. The summed E-state index contributed by atoms with van der Waals surface area (Å²) in [5.41, 5.74) is -0.372. The SMILES string of the molecule is CCN(C)C(=O)[C@@H]1CN(C(=O)c2ccco2)C[C@H]1c1cccc(C(F)(F)F)c1. The summed E-state index contributed by atoms with van der Waals surface area (Å²) in [6, 6.07) is 8.08. The number of carbonyl (C=O) groups is 2. The lowest BCUT2D eigenvalue weighted by molar-refractivity contribution is -0.137. The highest BCUT2D eigenvalue weighted by Gasteiger charge is 2.42. The molecule has 2 aromatic rings. The molecule has 150 valence electrons. The highest BCUT2D eigenvalue weighted by molar-refractivity contribution is 5.92. The van der Waals surface area contributed by atoms with Crippen molar-refractivity contribution in [2.75, 3.05) is 26.7 Å². The molecule has 1 aromatic carbocycles. The van der Waals surface area contributed by atoms with Gasteiger partial charge in [0.25, 0.3) is 5.91 Å². The number of benzene rings is 1. The third-order valence-electron chi connectivity index (χ3n) is 5.15. The van der Waals surface area contributed by atoms with Crippen LogP contribution >= 0.6 is 0 Å². The van der Waals surface area contributed by atoms with E-state index in [-0.39, 0.29) is 30.7 Å². The first-order valence-corrected chi connectivity index (χ1v) is 8.97. The first-order chi connectivity index (χ1) is 13.2. The topological polar surface area (TPSA) is 53.8 Å². The van der Waals surface area contributed by atoms with E-state index in [0.29, 0.717) is 12.1 Å². The van der Waals surface area contributed by atoms with Crippen molar-refractivity contribution in [3.05, 3.63) is 59.5 Å². The van der Waals surface area contributed by atoms with E-state index < -0.39 is 23.6 Å². The van der Waals surface area contributed by atoms with E-state index in [1.165, 1.54) is 28.2 Å². The number of likely N-dealkylation sites (tertiary alicyclic amines) is 1. The van der Waals surface area contributed by atoms with Crippen LogP contribution in [0.4, 0.5) is 13.2 Å². The fourth-order valence-corrected chi connectivity index (χ4v) is 3.50. The number of hydrogen-bond acceptors (Lipinski definition) is 3. The molecule has 0 aliphatic carbocycles. The van der Waals surface area contributed by atoms with Gasteiger partial charge in [0.15, 0.2) is 5.76 Å². The second-order valence-corrected chi connectivity index (χ2v) is 6.88. The third-order valence-corrected chi connectivity index (χ3v) is 5.15. The number of alkyl halides is 3. The summed E-state index contributed by atoms with van der Waals surface area (Å²) >= 11 is 0. The number of furan rings is 1. The molecule has 1 fully saturated rings. The van der Waals surface area contributed by atoms with Gasteiger partial charge >= 0.3 is 6.18 Å². The molecule has 1 aliphatic heterocycles. The zero-order valence-electron chi connectivity index (χ0n) is 15.6. The summed E-state index contributed by atoms with van der Waals surface area (Å²) in [4.78, 5) is 28.5. The van der Waals surface area contributed by atoms with Crippen LogP contribution in [0, 0.1) is 5.92 Å². The summed E-state index contributed by atoms with van der Waals surface area (Å²) in [7, 11) is 1.64. The standard InChI is InChI=1S/C20H21F3N2O3/c1-3-24(2)18(26)16-12-25(19(27)17-8-5-9-28-17)11-15(16)13-6-4-7-14(10-13)20(21,22)23/h4-10,15-16H,3,11-12H2,1-2H3/t15-,16+/m0/s1. The lowest BCUT2D eigenvalue weighted by Gasteiger charge is -2.23. The predicted octanol–water partition coefficient (Wildman–Crippen LogP) is 3.63. The van der Waals surface area contributed by atoms with Crippen molar-refractivity contribution < 1.29 is 27.2 Å². The Labute approximate surface area is 160 Å². The van der Waals surface area contributed by atoms with Gasteiger partial charge in [-0.05, 0) is 30.7 Å². The minimum absolute atomic E-state index is 0.129. The Morgan fingerprint density at radius 2 is 1.96 bits per heavy atom. The second kappa shape index (κ2) is 7.69. The molecular formula is C20H21F3N2O3. The van der Waals surface area contributed by atoms with Crippen molar-refractivity contribution in [1.29, 1.82) is 0 Å². The van der Waals surface area contributed by atoms with Crippen molar-refractivity contribution >= 4 is 11.8 Å². The van der Waals surface area contributed by atoms with Crippen LogP contribution in [0.25, 0.3) is 0 Å². The Morgan fingerprint density at radius 1 is 1.21 bits per heavy atom. The average Bonchev–Trinajstić information content (AvgIpc) is 3.35. The van der Waals surface area contributed by atoms with Crippen LogP contribution in [-0.4, -0.2) is 48.3 Å². The number of hydrogen-bond donors (Lipinski definition) is 0. The number of carbonyl (C=O) groups excluding carboxylic acids is 2. The summed E-state index contributed by atoms with van der Waals surface area (Å²) in [5, 5.41) is 0. The van der Waals surface area contributed by atoms with Crippen molar-refractivity contribution in [3.8, 4) is 0 Å². The monoisotopic (exact) mass is 394 g/mol. The molecule has 0 spiro atoms. The van der Waals surface area contributed by atoms with Gasteiger partial charge in [-0.25, -0.2) is 0 Å². The summed E-state index contributed by atoms with van der Waals surface area (Å²) in [6.45, 7) is 2.56. The molecule has 3 rings (SSSR count). The lowest BCUT2D eigenvalue weighted by Crippen LogP contribution is -2.36. The molecule has 2 amide bonds. The van der Waals surface area contributed by atoms with Crippen LogP contribution in [0.5, 0.6) is 0 Å². The Bertz CT molecular complexity index is 849. The van der Waals surface area contributed by atoms with E-state index in [0.717, 1.165) is 12.1 Å². The van der Waals surface area contributed by atoms with E-state index in [1.54, 1.807) is 19.2 Å². The molecule has 5 nitrogen and oxygen atoms in total. The van der Waals surface area contributed by atoms with Gasteiger partial charge in [0.2, 0.25) is 5.91 Å². The molecule has 0 radical (unpaired) electrons. The number of rotatable bonds is 4. The predicted molar refractivity (Wildman–Crippen MR) is 95.6 cm³/mol. The molecule has 28 heavy (non-hydrogen) atoms. The van der Waals surface area contributed by atoms with Gasteiger partial charge in [0.05, 0.1) is 17.7 Å². The van der Waals surface area contributed by atoms with Gasteiger partial charge in [-0.2, -0.15) is 13.2 Å². The van der Waals surface area contributed by atoms with Gasteiger partial charge in [0, 0.05) is 32.6 Å². The van der Waals surface area contributed by atoms with E-state index in [9.17, 15) is 22.8 Å². The molecule has 1 saturated heterocycles. The maximum atomic E-state index is 13.1.